The van der Waals surface area contributed by atoms with Crippen molar-refractivity contribution in [2.24, 2.45) is 0 Å². The fourth-order valence-electron chi connectivity index (χ4n) is 2.03. The van der Waals surface area contributed by atoms with Crippen LogP contribution >= 0.6 is 11.3 Å². The molecule has 1 amide bonds. The Morgan fingerprint density at radius 3 is 3.06 bits per heavy atom. The van der Waals surface area contributed by atoms with Gasteiger partial charge in [0.25, 0.3) is 0 Å². The third kappa shape index (κ3) is 2.86. The largest absolute Gasteiger partial charge is 0.385 e. The molecule has 1 saturated heterocycles. The van der Waals surface area contributed by atoms with E-state index in [1.54, 1.807) is 18.4 Å². The van der Waals surface area contributed by atoms with Gasteiger partial charge in [-0.15, -0.1) is 11.3 Å². The zero-order valence-electron chi connectivity index (χ0n) is 10.2. The van der Waals surface area contributed by atoms with Gasteiger partial charge >= 0.3 is 0 Å². The highest BCUT2D eigenvalue weighted by Gasteiger charge is 2.31. The summed E-state index contributed by atoms with van der Waals surface area (Å²) in [4.78, 5) is 16.2. The molecule has 5 heteroatoms. The monoisotopic (exact) mass is 254 g/mol. The predicted octanol–water partition coefficient (Wildman–Crippen LogP) is 1.52. The Morgan fingerprint density at radius 2 is 2.41 bits per heavy atom. The molecule has 17 heavy (non-hydrogen) atoms. The van der Waals surface area contributed by atoms with Gasteiger partial charge in [0.1, 0.15) is 6.17 Å². The van der Waals surface area contributed by atoms with Gasteiger partial charge in [-0.3, -0.25) is 10.1 Å². The van der Waals surface area contributed by atoms with E-state index in [0.29, 0.717) is 13.2 Å². The van der Waals surface area contributed by atoms with E-state index in [9.17, 15) is 4.79 Å². The molecule has 0 aliphatic carbocycles. The summed E-state index contributed by atoms with van der Waals surface area (Å²) in [7, 11) is 1.68. The summed E-state index contributed by atoms with van der Waals surface area (Å²) in [5, 5.41) is 3.26. The first kappa shape index (κ1) is 12.5. The van der Waals surface area contributed by atoms with Gasteiger partial charge in [0.15, 0.2) is 0 Å². The lowest BCUT2D eigenvalue weighted by atomic mass is 10.3. The molecular weight excluding hydrogens is 236 g/mol. The lowest BCUT2D eigenvalue weighted by Crippen LogP contribution is -2.31. The minimum Gasteiger partial charge on any atom is -0.385 e. The molecule has 1 aliphatic rings. The molecule has 2 rings (SSSR count). The molecular formula is C12H18N2O2S. The number of nitrogens with one attached hydrogen (secondary N) is 1. The molecule has 0 aromatic carbocycles. The van der Waals surface area contributed by atoms with Crippen LogP contribution in [-0.2, 0) is 9.53 Å². The van der Waals surface area contributed by atoms with Gasteiger partial charge < -0.3 is 9.64 Å². The number of rotatable bonds is 5. The zero-order chi connectivity index (χ0) is 12.3. The van der Waals surface area contributed by atoms with Crippen molar-refractivity contribution in [3.05, 3.63) is 21.9 Å². The second kappa shape index (κ2) is 5.62. The van der Waals surface area contributed by atoms with Crippen LogP contribution in [0.2, 0.25) is 0 Å². The maximum Gasteiger partial charge on any atom is 0.238 e. The Morgan fingerprint density at radius 1 is 1.59 bits per heavy atom. The molecule has 1 aliphatic heterocycles. The van der Waals surface area contributed by atoms with Gasteiger partial charge in [-0.1, -0.05) is 0 Å². The second-order valence-corrected chi connectivity index (χ2v) is 5.48. The first-order valence-electron chi connectivity index (χ1n) is 5.80. The molecule has 1 aromatic heterocycles. The number of carbonyl (C=O) groups is 1. The molecule has 1 atom stereocenters. The Labute approximate surface area is 106 Å². The summed E-state index contributed by atoms with van der Waals surface area (Å²) in [6.45, 7) is 3.97. The third-order valence-electron chi connectivity index (χ3n) is 2.86. The summed E-state index contributed by atoms with van der Waals surface area (Å²) in [6.07, 6.45) is 0.933. The van der Waals surface area contributed by atoms with Crippen LogP contribution in [0.25, 0.3) is 0 Å². The van der Waals surface area contributed by atoms with E-state index in [0.717, 1.165) is 13.0 Å². The first-order valence-corrected chi connectivity index (χ1v) is 6.62. The van der Waals surface area contributed by atoms with Crippen LogP contribution in [0.3, 0.4) is 0 Å². The minimum atomic E-state index is 0.0538. The van der Waals surface area contributed by atoms with Gasteiger partial charge in [0.05, 0.1) is 6.54 Å². The molecule has 1 N–H and O–H groups in total. The van der Waals surface area contributed by atoms with Crippen molar-refractivity contribution in [2.75, 3.05) is 26.8 Å². The van der Waals surface area contributed by atoms with Crippen molar-refractivity contribution in [2.45, 2.75) is 19.5 Å². The predicted molar refractivity (Wildman–Crippen MR) is 68.0 cm³/mol. The smallest absolute Gasteiger partial charge is 0.238 e. The molecule has 4 nitrogen and oxygen atoms in total. The molecule has 1 unspecified atom stereocenters. The molecule has 0 radical (unpaired) electrons. The van der Waals surface area contributed by atoms with Crippen LogP contribution in [0.15, 0.2) is 12.1 Å². The van der Waals surface area contributed by atoms with Crippen molar-refractivity contribution in [3.63, 3.8) is 0 Å². The zero-order valence-corrected chi connectivity index (χ0v) is 11.0. The quantitative estimate of drug-likeness (QED) is 0.810. The van der Waals surface area contributed by atoms with Crippen LogP contribution in [0, 0.1) is 6.92 Å². The van der Waals surface area contributed by atoms with E-state index >= 15 is 0 Å². The summed E-state index contributed by atoms with van der Waals surface area (Å²) < 4.78 is 5.03. The van der Waals surface area contributed by atoms with Crippen LogP contribution in [0.4, 0.5) is 0 Å². The summed E-state index contributed by atoms with van der Waals surface area (Å²) in [6, 6.07) is 4.19. The summed E-state index contributed by atoms with van der Waals surface area (Å²) >= 11 is 1.74. The van der Waals surface area contributed by atoms with Gasteiger partial charge in [0, 0.05) is 30.0 Å². The first-order chi connectivity index (χ1) is 8.22. The topological polar surface area (TPSA) is 41.6 Å². The molecule has 1 fully saturated rings. The molecule has 0 spiro atoms. The number of ether oxygens (including phenoxy) is 1. The van der Waals surface area contributed by atoms with Crippen LogP contribution in [0.1, 0.15) is 22.3 Å². The van der Waals surface area contributed by atoms with E-state index in [1.807, 2.05) is 4.90 Å². The lowest BCUT2D eigenvalue weighted by molar-refractivity contribution is -0.128. The van der Waals surface area contributed by atoms with E-state index in [1.165, 1.54) is 9.75 Å². The van der Waals surface area contributed by atoms with E-state index in [2.05, 4.69) is 24.4 Å². The molecule has 2 heterocycles. The van der Waals surface area contributed by atoms with E-state index in [-0.39, 0.29) is 12.1 Å². The average Bonchev–Trinajstić information content (AvgIpc) is 2.87. The summed E-state index contributed by atoms with van der Waals surface area (Å²) in [5.74, 6) is 0.178. The van der Waals surface area contributed by atoms with Crippen molar-refractivity contribution in [3.8, 4) is 0 Å². The normalized spacial score (nSPS) is 20.2. The Bertz CT molecular complexity index is 392. The lowest BCUT2D eigenvalue weighted by Gasteiger charge is -2.23. The average molecular weight is 254 g/mol. The molecule has 0 bridgehead atoms. The van der Waals surface area contributed by atoms with Crippen LogP contribution in [-0.4, -0.2) is 37.6 Å². The van der Waals surface area contributed by atoms with Crippen LogP contribution in [0.5, 0.6) is 0 Å². The highest BCUT2D eigenvalue weighted by atomic mass is 32.1. The highest BCUT2D eigenvalue weighted by Crippen LogP contribution is 2.28. The number of aryl methyl sites for hydroxylation is 1. The van der Waals surface area contributed by atoms with E-state index in [4.69, 9.17) is 4.74 Å². The number of hydrogen-bond donors (Lipinski definition) is 1. The number of nitrogens with zero attached hydrogens (tertiary/aromatic N) is 1. The van der Waals surface area contributed by atoms with Gasteiger partial charge in [-0.2, -0.15) is 0 Å². The van der Waals surface area contributed by atoms with Crippen molar-refractivity contribution >= 4 is 17.2 Å². The summed E-state index contributed by atoms with van der Waals surface area (Å²) in [5.41, 5.74) is 0. The Balaban J connectivity index is 2.03. The SMILES string of the molecule is COCCCN1C(=O)CNC1c1ccc(C)s1. The van der Waals surface area contributed by atoms with Crippen molar-refractivity contribution in [1.29, 1.82) is 0 Å². The minimum absolute atomic E-state index is 0.0538. The van der Waals surface area contributed by atoms with Gasteiger partial charge in [-0.25, -0.2) is 0 Å². The maximum absolute atomic E-state index is 11.8. The van der Waals surface area contributed by atoms with Crippen molar-refractivity contribution in [1.82, 2.24) is 10.2 Å². The Kier molecular flexibility index (Phi) is 4.15. The third-order valence-corrected chi connectivity index (χ3v) is 3.91. The number of methoxy groups -OCH3 is 1. The fraction of sp³-hybridized carbons (Fsp3) is 0.583. The molecule has 0 saturated carbocycles. The fourth-order valence-corrected chi connectivity index (χ4v) is 2.99. The molecule has 1 aromatic rings. The maximum atomic E-state index is 11.8. The highest BCUT2D eigenvalue weighted by molar-refractivity contribution is 7.12. The number of hydrogen-bond acceptors (Lipinski definition) is 4. The standard InChI is InChI=1S/C12H18N2O2S/c1-9-4-5-10(17-9)12-13-8-11(15)14(12)6-3-7-16-2/h4-5,12-13H,3,6-8H2,1-2H3. The Hall–Kier alpha value is -0.910. The number of carbonyl (C=O) groups excluding carboxylic acids is 1. The number of thiophene rings is 1. The van der Waals surface area contributed by atoms with Gasteiger partial charge in [-0.05, 0) is 25.5 Å². The molecule has 94 valence electrons. The van der Waals surface area contributed by atoms with Gasteiger partial charge in [0.2, 0.25) is 5.91 Å². The van der Waals surface area contributed by atoms with Crippen molar-refractivity contribution < 1.29 is 9.53 Å². The second-order valence-electron chi connectivity index (χ2n) is 4.17. The van der Waals surface area contributed by atoms with Crippen LogP contribution < -0.4 is 5.32 Å². The number of amides is 1. The van der Waals surface area contributed by atoms with E-state index < -0.39 is 0 Å².